The van der Waals surface area contributed by atoms with Gasteiger partial charge >= 0.3 is 0 Å². The zero-order chi connectivity index (χ0) is 20.2. The van der Waals surface area contributed by atoms with Crippen LogP contribution in [0.2, 0.25) is 5.02 Å². The zero-order valence-electron chi connectivity index (χ0n) is 16.4. The van der Waals surface area contributed by atoms with Crippen LogP contribution in [0.4, 0.5) is 4.39 Å². The van der Waals surface area contributed by atoms with E-state index in [0.29, 0.717) is 25.7 Å². The van der Waals surface area contributed by atoms with Crippen molar-refractivity contribution in [1.29, 1.82) is 0 Å². The van der Waals surface area contributed by atoms with Gasteiger partial charge in [-0.3, -0.25) is 4.90 Å². The van der Waals surface area contributed by atoms with E-state index in [9.17, 15) is 4.39 Å². The molecule has 0 bridgehead atoms. The third-order valence-electron chi connectivity index (χ3n) is 5.35. The Bertz CT molecular complexity index is 944. The summed E-state index contributed by atoms with van der Waals surface area (Å²) in [6, 6.07) is 16.8. The normalized spacial score (nSPS) is 19.2. The third-order valence-corrected chi connectivity index (χ3v) is 5.58. The first-order chi connectivity index (χ1) is 14.1. The Morgan fingerprint density at radius 2 is 1.86 bits per heavy atom. The van der Waals surface area contributed by atoms with Crippen LogP contribution in [0.15, 0.2) is 59.1 Å². The maximum Gasteiger partial charge on any atom is 0.137 e. The molecule has 1 saturated heterocycles. The molecule has 2 heterocycles. The van der Waals surface area contributed by atoms with E-state index < -0.39 is 0 Å². The monoisotopic (exact) mass is 414 g/mol. The van der Waals surface area contributed by atoms with Crippen LogP contribution in [0.1, 0.15) is 22.6 Å². The molecule has 152 valence electrons. The number of benzene rings is 2. The molecular weight excluding hydrogens is 391 g/mol. The highest BCUT2D eigenvalue weighted by molar-refractivity contribution is 6.30. The van der Waals surface area contributed by atoms with Gasteiger partial charge in [0.15, 0.2) is 0 Å². The van der Waals surface area contributed by atoms with Crippen LogP contribution in [-0.2, 0) is 24.2 Å². The summed E-state index contributed by atoms with van der Waals surface area (Å²) in [7, 11) is 0. The van der Waals surface area contributed by atoms with E-state index in [4.69, 9.17) is 20.9 Å². The zero-order valence-corrected chi connectivity index (χ0v) is 17.1. The molecule has 6 heteroatoms. The first-order valence-electron chi connectivity index (χ1n) is 9.80. The highest BCUT2D eigenvalue weighted by Crippen LogP contribution is 2.27. The Labute approximate surface area is 175 Å². The van der Waals surface area contributed by atoms with Crippen LogP contribution in [0.3, 0.4) is 0 Å². The van der Waals surface area contributed by atoms with Crippen molar-refractivity contribution in [3.05, 3.63) is 88.0 Å². The van der Waals surface area contributed by atoms with E-state index in [1.54, 1.807) is 0 Å². The van der Waals surface area contributed by atoms with Crippen molar-refractivity contribution in [3.63, 3.8) is 0 Å². The minimum absolute atomic E-state index is 0.212. The molecule has 1 aliphatic heterocycles. The van der Waals surface area contributed by atoms with Gasteiger partial charge in [0, 0.05) is 42.6 Å². The standard InChI is InChI=1S/C23H24ClFN2O2/c1-16-9-22(29-26-16)11-19-14-28-15-23(19)27(12-17-5-7-21(25)8-6-17)13-18-3-2-4-20(24)10-18/h2-10,19,23H,11-15H2,1H3/t19-,23-/m1/s1. The van der Waals surface area contributed by atoms with Gasteiger partial charge in [0.2, 0.25) is 0 Å². The van der Waals surface area contributed by atoms with Gasteiger partial charge in [-0.05, 0) is 42.3 Å². The summed E-state index contributed by atoms with van der Waals surface area (Å²) in [5, 5.41) is 4.73. The van der Waals surface area contributed by atoms with Gasteiger partial charge in [-0.1, -0.05) is 41.0 Å². The van der Waals surface area contributed by atoms with Crippen LogP contribution in [0.5, 0.6) is 0 Å². The fourth-order valence-electron chi connectivity index (χ4n) is 3.94. The number of ether oxygens (including phenoxy) is 1. The molecule has 0 spiro atoms. The Kier molecular flexibility index (Phi) is 6.28. The second-order valence-corrected chi connectivity index (χ2v) is 8.10. The Balaban J connectivity index is 1.56. The topological polar surface area (TPSA) is 38.5 Å². The van der Waals surface area contributed by atoms with Gasteiger partial charge in [-0.15, -0.1) is 0 Å². The summed E-state index contributed by atoms with van der Waals surface area (Å²) >= 11 is 6.20. The van der Waals surface area contributed by atoms with Gasteiger partial charge in [-0.2, -0.15) is 0 Å². The first-order valence-corrected chi connectivity index (χ1v) is 10.2. The lowest BCUT2D eigenvalue weighted by molar-refractivity contribution is 0.127. The predicted molar refractivity (Wildman–Crippen MR) is 110 cm³/mol. The molecule has 0 unspecified atom stereocenters. The molecule has 2 aromatic carbocycles. The molecule has 0 radical (unpaired) electrons. The van der Waals surface area contributed by atoms with Crippen molar-refractivity contribution in [2.75, 3.05) is 13.2 Å². The molecule has 0 amide bonds. The second-order valence-electron chi connectivity index (χ2n) is 7.66. The lowest BCUT2D eigenvalue weighted by Crippen LogP contribution is -2.40. The average Bonchev–Trinajstić information content (AvgIpc) is 3.32. The van der Waals surface area contributed by atoms with E-state index in [-0.39, 0.29) is 11.9 Å². The van der Waals surface area contributed by atoms with Crippen LogP contribution in [-0.4, -0.2) is 29.3 Å². The average molecular weight is 415 g/mol. The van der Waals surface area contributed by atoms with Crippen LogP contribution < -0.4 is 0 Å². The fraction of sp³-hybridized carbons (Fsp3) is 0.348. The van der Waals surface area contributed by atoms with E-state index in [1.165, 1.54) is 12.1 Å². The smallest absolute Gasteiger partial charge is 0.137 e. The molecule has 4 nitrogen and oxygen atoms in total. The second kappa shape index (κ2) is 9.08. The van der Waals surface area contributed by atoms with E-state index in [2.05, 4.69) is 16.1 Å². The summed E-state index contributed by atoms with van der Waals surface area (Å²) in [4.78, 5) is 2.39. The van der Waals surface area contributed by atoms with Crippen molar-refractivity contribution in [2.45, 2.75) is 32.5 Å². The summed E-state index contributed by atoms with van der Waals surface area (Å²) < 4.78 is 24.7. The molecule has 2 atom stereocenters. The molecule has 1 fully saturated rings. The van der Waals surface area contributed by atoms with E-state index >= 15 is 0 Å². The molecule has 4 rings (SSSR count). The maximum absolute atomic E-state index is 13.4. The van der Waals surface area contributed by atoms with E-state index in [0.717, 1.165) is 40.6 Å². The van der Waals surface area contributed by atoms with Crippen LogP contribution >= 0.6 is 11.6 Å². The first kappa shape index (κ1) is 20.1. The van der Waals surface area contributed by atoms with Crippen molar-refractivity contribution in [3.8, 4) is 0 Å². The molecule has 3 aromatic rings. The number of hydrogen-bond donors (Lipinski definition) is 0. The lowest BCUT2D eigenvalue weighted by atomic mass is 9.95. The van der Waals surface area contributed by atoms with Crippen LogP contribution in [0.25, 0.3) is 0 Å². The minimum atomic E-state index is -0.224. The Hall–Kier alpha value is -2.21. The maximum atomic E-state index is 13.4. The number of nitrogens with zero attached hydrogens (tertiary/aromatic N) is 2. The number of aryl methyl sites for hydroxylation is 1. The van der Waals surface area contributed by atoms with Crippen molar-refractivity contribution >= 4 is 11.6 Å². The Morgan fingerprint density at radius 1 is 1.07 bits per heavy atom. The number of halogens is 2. The molecule has 1 aliphatic rings. The van der Waals surface area contributed by atoms with Gasteiger partial charge < -0.3 is 9.26 Å². The van der Waals surface area contributed by atoms with Crippen molar-refractivity contribution < 1.29 is 13.7 Å². The van der Waals surface area contributed by atoms with Gasteiger partial charge in [0.05, 0.1) is 18.9 Å². The largest absolute Gasteiger partial charge is 0.379 e. The minimum Gasteiger partial charge on any atom is -0.379 e. The number of rotatable bonds is 7. The third kappa shape index (κ3) is 5.24. The van der Waals surface area contributed by atoms with Gasteiger partial charge in [0.1, 0.15) is 11.6 Å². The summed E-state index contributed by atoms with van der Waals surface area (Å²) in [5.74, 6) is 0.951. The van der Waals surface area contributed by atoms with Gasteiger partial charge in [0.25, 0.3) is 0 Å². The highest BCUT2D eigenvalue weighted by atomic mass is 35.5. The number of hydrogen-bond acceptors (Lipinski definition) is 4. The highest BCUT2D eigenvalue weighted by Gasteiger charge is 2.34. The molecular formula is C23H24ClFN2O2. The lowest BCUT2D eigenvalue weighted by Gasteiger charge is -2.32. The van der Waals surface area contributed by atoms with E-state index in [1.807, 2.05) is 43.3 Å². The fourth-order valence-corrected chi connectivity index (χ4v) is 4.15. The molecule has 1 aromatic heterocycles. The van der Waals surface area contributed by atoms with Gasteiger partial charge in [-0.25, -0.2) is 4.39 Å². The van der Waals surface area contributed by atoms with Crippen molar-refractivity contribution in [1.82, 2.24) is 10.1 Å². The Morgan fingerprint density at radius 3 is 2.59 bits per heavy atom. The summed E-state index contributed by atoms with van der Waals surface area (Å²) in [5.41, 5.74) is 3.09. The number of aromatic nitrogens is 1. The summed E-state index contributed by atoms with van der Waals surface area (Å²) in [6.45, 7) is 4.69. The summed E-state index contributed by atoms with van der Waals surface area (Å²) in [6.07, 6.45) is 0.779. The van der Waals surface area contributed by atoms with Crippen LogP contribution in [0, 0.1) is 18.7 Å². The molecule has 0 N–H and O–H groups in total. The molecule has 0 aliphatic carbocycles. The molecule has 29 heavy (non-hydrogen) atoms. The molecule has 0 saturated carbocycles. The quantitative estimate of drug-likeness (QED) is 0.543. The SMILES string of the molecule is Cc1cc(C[C@@H]2COC[C@H]2N(Cc2ccc(F)cc2)Cc2cccc(Cl)c2)on1. The predicted octanol–water partition coefficient (Wildman–Crippen LogP) is 5.04. The van der Waals surface area contributed by atoms with Crippen molar-refractivity contribution in [2.24, 2.45) is 5.92 Å².